The molecule has 2 atom stereocenters. The van der Waals surface area contributed by atoms with Gasteiger partial charge in [-0.05, 0) is 37.7 Å². The molecule has 2 nitrogen and oxygen atoms in total. The molecule has 1 aliphatic carbocycles. The first kappa shape index (κ1) is 16.3. The fourth-order valence-corrected chi connectivity index (χ4v) is 3.97. The summed E-state index contributed by atoms with van der Waals surface area (Å²) in [6.45, 7) is 7.84. The standard InChI is InChI=1S/C17H31ClN2/c1-3-7-16-11-19-17(15-8-5-4-6-9-15)13-20(16)12-14(2)10-18/h10,15-17,19H,3-9,11-13H2,1-2H3. The van der Waals surface area contributed by atoms with Gasteiger partial charge in [-0.2, -0.15) is 0 Å². The Bertz CT molecular complexity index is 310. The van der Waals surface area contributed by atoms with Crippen LogP contribution in [0.15, 0.2) is 11.1 Å². The quantitative estimate of drug-likeness (QED) is 0.820. The third-order valence-corrected chi connectivity index (χ3v) is 5.42. The zero-order valence-corrected chi connectivity index (χ0v) is 14.0. The molecule has 1 aliphatic heterocycles. The second-order valence-corrected chi connectivity index (χ2v) is 6.96. The molecule has 0 amide bonds. The predicted octanol–water partition coefficient (Wildman–Crippen LogP) is 4.15. The maximum Gasteiger partial charge on any atom is 0.0224 e. The Balaban J connectivity index is 1.95. The number of nitrogens with one attached hydrogen (secondary N) is 1. The first-order chi connectivity index (χ1) is 9.74. The summed E-state index contributed by atoms with van der Waals surface area (Å²) in [5, 5.41) is 3.85. The lowest BCUT2D eigenvalue weighted by atomic mass is 9.82. The number of piperazine rings is 1. The van der Waals surface area contributed by atoms with Crippen molar-refractivity contribution in [1.29, 1.82) is 0 Å². The van der Waals surface area contributed by atoms with Crippen LogP contribution in [0.5, 0.6) is 0 Å². The zero-order chi connectivity index (χ0) is 14.4. The van der Waals surface area contributed by atoms with Crippen LogP contribution >= 0.6 is 11.6 Å². The monoisotopic (exact) mass is 298 g/mol. The van der Waals surface area contributed by atoms with Crippen LogP contribution in [-0.4, -0.2) is 36.6 Å². The molecule has 1 heterocycles. The van der Waals surface area contributed by atoms with Crippen molar-refractivity contribution in [3.05, 3.63) is 11.1 Å². The molecule has 0 radical (unpaired) electrons. The summed E-state index contributed by atoms with van der Waals surface area (Å²) in [5.41, 5.74) is 3.04. The van der Waals surface area contributed by atoms with Crippen molar-refractivity contribution < 1.29 is 0 Å². The van der Waals surface area contributed by atoms with Crippen LogP contribution < -0.4 is 5.32 Å². The fraction of sp³-hybridized carbons (Fsp3) is 0.882. The minimum atomic E-state index is 0.686. The number of nitrogens with zero attached hydrogens (tertiary/aromatic N) is 1. The topological polar surface area (TPSA) is 15.3 Å². The molecular weight excluding hydrogens is 268 g/mol. The Morgan fingerprint density at radius 1 is 1.30 bits per heavy atom. The minimum absolute atomic E-state index is 0.686. The Morgan fingerprint density at radius 2 is 2.05 bits per heavy atom. The van der Waals surface area contributed by atoms with E-state index in [1.807, 2.05) is 0 Å². The van der Waals surface area contributed by atoms with E-state index in [4.69, 9.17) is 11.6 Å². The molecule has 116 valence electrons. The van der Waals surface area contributed by atoms with Gasteiger partial charge in [-0.25, -0.2) is 0 Å². The van der Waals surface area contributed by atoms with E-state index in [0.29, 0.717) is 12.1 Å². The lowest BCUT2D eigenvalue weighted by Crippen LogP contribution is -2.59. The van der Waals surface area contributed by atoms with Gasteiger partial charge in [0.1, 0.15) is 0 Å². The summed E-state index contributed by atoms with van der Waals surface area (Å²) in [6.07, 6.45) is 9.71. The largest absolute Gasteiger partial charge is 0.311 e. The van der Waals surface area contributed by atoms with Gasteiger partial charge in [0.2, 0.25) is 0 Å². The highest BCUT2D eigenvalue weighted by Gasteiger charge is 2.32. The van der Waals surface area contributed by atoms with Crippen molar-refractivity contribution in [2.24, 2.45) is 5.92 Å². The van der Waals surface area contributed by atoms with Crippen LogP contribution in [-0.2, 0) is 0 Å². The summed E-state index contributed by atoms with van der Waals surface area (Å²) >= 11 is 5.88. The Kier molecular flexibility index (Phi) is 6.86. The van der Waals surface area contributed by atoms with Crippen molar-refractivity contribution in [2.75, 3.05) is 19.6 Å². The van der Waals surface area contributed by atoms with Gasteiger partial charge in [-0.3, -0.25) is 4.90 Å². The van der Waals surface area contributed by atoms with Crippen LogP contribution in [0.1, 0.15) is 58.8 Å². The molecule has 0 aromatic rings. The van der Waals surface area contributed by atoms with Crippen molar-refractivity contribution in [3.63, 3.8) is 0 Å². The average molecular weight is 299 g/mol. The summed E-state index contributed by atoms with van der Waals surface area (Å²) in [7, 11) is 0. The highest BCUT2D eigenvalue weighted by molar-refractivity contribution is 6.25. The molecule has 1 saturated carbocycles. The van der Waals surface area contributed by atoms with Gasteiger partial charge in [0.05, 0.1) is 0 Å². The normalized spacial score (nSPS) is 30.6. The molecule has 0 bridgehead atoms. The van der Waals surface area contributed by atoms with Gasteiger partial charge in [-0.15, -0.1) is 0 Å². The van der Waals surface area contributed by atoms with Gasteiger partial charge in [0.25, 0.3) is 0 Å². The SMILES string of the molecule is CCCC1CNC(C2CCCCC2)CN1CC(C)=CCl. The van der Waals surface area contributed by atoms with Crippen LogP contribution in [0, 0.1) is 5.92 Å². The Labute approximate surface area is 129 Å². The minimum Gasteiger partial charge on any atom is -0.311 e. The maximum atomic E-state index is 5.88. The maximum absolute atomic E-state index is 5.88. The molecule has 2 aliphatic rings. The van der Waals surface area contributed by atoms with Gasteiger partial charge in [-0.1, -0.05) is 44.2 Å². The Morgan fingerprint density at radius 3 is 2.70 bits per heavy atom. The van der Waals surface area contributed by atoms with E-state index in [1.165, 1.54) is 57.1 Å². The second kappa shape index (κ2) is 8.41. The number of rotatable bonds is 5. The Hall–Kier alpha value is -0.0500. The highest BCUT2D eigenvalue weighted by atomic mass is 35.5. The van der Waals surface area contributed by atoms with Gasteiger partial charge < -0.3 is 5.32 Å². The number of hydrogen-bond donors (Lipinski definition) is 1. The summed E-state index contributed by atoms with van der Waals surface area (Å²) < 4.78 is 0. The van der Waals surface area contributed by atoms with E-state index < -0.39 is 0 Å². The summed E-state index contributed by atoms with van der Waals surface area (Å²) in [6, 6.07) is 1.39. The third kappa shape index (κ3) is 4.47. The molecule has 0 aromatic carbocycles. The van der Waals surface area contributed by atoms with Gasteiger partial charge in [0.15, 0.2) is 0 Å². The zero-order valence-electron chi connectivity index (χ0n) is 13.2. The molecule has 20 heavy (non-hydrogen) atoms. The fourth-order valence-electron chi connectivity index (χ4n) is 3.90. The van der Waals surface area contributed by atoms with Crippen molar-refractivity contribution in [3.8, 4) is 0 Å². The van der Waals surface area contributed by atoms with E-state index in [9.17, 15) is 0 Å². The summed E-state index contributed by atoms with van der Waals surface area (Å²) in [5.74, 6) is 0.897. The van der Waals surface area contributed by atoms with Crippen LogP contribution in [0.3, 0.4) is 0 Å². The number of halogens is 1. The van der Waals surface area contributed by atoms with E-state index in [1.54, 1.807) is 5.54 Å². The van der Waals surface area contributed by atoms with Crippen molar-refractivity contribution >= 4 is 11.6 Å². The lowest BCUT2D eigenvalue weighted by molar-refractivity contribution is 0.0992. The molecule has 2 rings (SSSR count). The van der Waals surface area contributed by atoms with Crippen LogP contribution in [0.2, 0.25) is 0 Å². The molecule has 2 unspecified atom stereocenters. The van der Waals surface area contributed by atoms with E-state index >= 15 is 0 Å². The summed E-state index contributed by atoms with van der Waals surface area (Å²) in [4.78, 5) is 2.67. The lowest BCUT2D eigenvalue weighted by Gasteiger charge is -2.44. The van der Waals surface area contributed by atoms with Gasteiger partial charge in [0, 0.05) is 37.3 Å². The first-order valence-electron chi connectivity index (χ1n) is 8.48. The molecule has 1 saturated heterocycles. The van der Waals surface area contributed by atoms with Crippen LogP contribution in [0.4, 0.5) is 0 Å². The molecule has 0 spiro atoms. The molecule has 2 fully saturated rings. The molecule has 0 aromatic heterocycles. The highest BCUT2D eigenvalue weighted by Crippen LogP contribution is 2.29. The average Bonchev–Trinajstić information content (AvgIpc) is 2.50. The van der Waals surface area contributed by atoms with E-state index in [2.05, 4.69) is 24.1 Å². The van der Waals surface area contributed by atoms with Crippen LogP contribution in [0.25, 0.3) is 0 Å². The molecular formula is C17H31ClN2. The third-order valence-electron chi connectivity index (χ3n) is 5.04. The van der Waals surface area contributed by atoms with E-state index in [-0.39, 0.29) is 0 Å². The van der Waals surface area contributed by atoms with Crippen molar-refractivity contribution in [2.45, 2.75) is 70.9 Å². The molecule has 3 heteroatoms. The van der Waals surface area contributed by atoms with Gasteiger partial charge >= 0.3 is 0 Å². The van der Waals surface area contributed by atoms with E-state index in [0.717, 1.165) is 19.0 Å². The van der Waals surface area contributed by atoms with Crippen molar-refractivity contribution in [1.82, 2.24) is 10.2 Å². The molecule has 1 N–H and O–H groups in total. The first-order valence-corrected chi connectivity index (χ1v) is 8.91. The smallest absolute Gasteiger partial charge is 0.0224 e. The second-order valence-electron chi connectivity index (χ2n) is 6.74. The predicted molar refractivity (Wildman–Crippen MR) is 88.2 cm³/mol. The number of hydrogen-bond acceptors (Lipinski definition) is 2.